The average molecular weight is 442 g/mol. The zero-order valence-corrected chi connectivity index (χ0v) is 15.3. The largest absolute Gasteiger partial charge is 0.493 e. The smallest absolute Gasteiger partial charge is 0.387 e. The molecule has 2 aromatic carbocycles. The van der Waals surface area contributed by atoms with E-state index in [0.717, 1.165) is 0 Å². The first-order valence-electron chi connectivity index (χ1n) is 7.48. The summed E-state index contributed by atoms with van der Waals surface area (Å²) in [7, 11) is 1.29. The molecule has 0 aromatic heterocycles. The number of hydrogen-bond donors (Lipinski definition) is 0. The van der Waals surface area contributed by atoms with E-state index < -0.39 is 18.4 Å². The number of cyclic esters (lactones) is 1. The Morgan fingerprint density at radius 3 is 2.63 bits per heavy atom. The number of benzene rings is 2. The molecule has 1 heterocycles. The highest BCUT2D eigenvalue weighted by Crippen LogP contribution is 2.31. The molecule has 140 valence electrons. The number of esters is 1. The molecule has 1 aliphatic heterocycles. The van der Waals surface area contributed by atoms with Crippen molar-refractivity contribution in [2.45, 2.75) is 6.61 Å². The van der Waals surface area contributed by atoms with Gasteiger partial charge in [-0.3, -0.25) is 0 Å². The number of methoxy groups -OCH3 is 1. The number of halogens is 4. The summed E-state index contributed by atoms with van der Waals surface area (Å²) >= 11 is 3.06. The summed E-state index contributed by atoms with van der Waals surface area (Å²) in [5.74, 6) is -1.28. The van der Waals surface area contributed by atoms with Crippen LogP contribution in [0.25, 0.3) is 6.08 Å². The van der Waals surface area contributed by atoms with Crippen LogP contribution in [0.1, 0.15) is 11.1 Å². The highest BCUT2D eigenvalue weighted by molar-refractivity contribution is 9.10. The zero-order chi connectivity index (χ0) is 19.6. The van der Waals surface area contributed by atoms with Crippen LogP contribution in [-0.4, -0.2) is 25.6 Å². The maximum atomic E-state index is 13.3. The minimum Gasteiger partial charge on any atom is -0.493 e. The molecule has 0 saturated heterocycles. The van der Waals surface area contributed by atoms with E-state index in [1.54, 1.807) is 0 Å². The number of aliphatic imine (C=N–C) groups is 1. The van der Waals surface area contributed by atoms with Crippen LogP contribution in [0.15, 0.2) is 51.6 Å². The number of carbonyl (C=O) groups is 1. The van der Waals surface area contributed by atoms with Crippen molar-refractivity contribution in [2.24, 2.45) is 4.99 Å². The standard InChI is InChI=1S/C18H11BrF3NO4/c1-25-15-8-10(3-5-14(15)26-18(21)22)16-23-13(17(24)27-16)7-9-2-4-12(20)11(19)6-9/h2-8,18H,1H3/b13-7-. The number of rotatable bonds is 5. The van der Waals surface area contributed by atoms with Gasteiger partial charge in [0.1, 0.15) is 5.82 Å². The minimum atomic E-state index is -3.00. The fraction of sp³-hybridized carbons (Fsp3) is 0.111. The van der Waals surface area contributed by atoms with E-state index in [0.29, 0.717) is 11.1 Å². The monoisotopic (exact) mass is 441 g/mol. The van der Waals surface area contributed by atoms with E-state index in [-0.39, 0.29) is 27.6 Å². The van der Waals surface area contributed by atoms with Crippen LogP contribution in [-0.2, 0) is 9.53 Å². The zero-order valence-electron chi connectivity index (χ0n) is 13.7. The van der Waals surface area contributed by atoms with E-state index in [1.165, 1.54) is 49.6 Å². The average Bonchev–Trinajstić information content (AvgIpc) is 2.98. The van der Waals surface area contributed by atoms with Crippen LogP contribution in [0.2, 0.25) is 0 Å². The Balaban J connectivity index is 1.91. The molecule has 0 N–H and O–H groups in total. The van der Waals surface area contributed by atoms with Gasteiger partial charge < -0.3 is 14.2 Å². The van der Waals surface area contributed by atoms with E-state index in [1.807, 2.05) is 0 Å². The van der Waals surface area contributed by atoms with Crippen molar-refractivity contribution in [1.82, 2.24) is 0 Å². The van der Waals surface area contributed by atoms with Gasteiger partial charge in [-0.1, -0.05) is 6.07 Å². The highest BCUT2D eigenvalue weighted by Gasteiger charge is 2.25. The van der Waals surface area contributed by atoms with Crippen LogP contribution >= 0.6 is 15.9 Å². The minimum absolute atomic E-state index is 0.00961. The van der Waals surface area contributed by atoms with Gasteiger partial charge in [-0.2, -0.15) is 8.78 Å². The van der Waals surface area contributed by atoms with Crippen LogP contribution in [0, 0.1) is 5.82 Å². The topological polar surface area (TPSA) is 57.1 Å². The second kappa shape index (κ2) is 7.83. The lowest BCUT2D eigenvalue weighted by molar-refractivity contribution is -0.129. The Bertz CT molecular complexity index is 960. The molecule has 0 amide bonds. The second-order valence-corrected chi connectivity index (χ2v) is 6.11. The molecule has 1 aliphatic rings. The molecular formula is C18H11BrF3NO4. The lowest BCUT2D eigenvalue weighted by atomic mass is 10.2. The van der Waals surface area contributed by atoms with Crippen LogP contribution in [0.4, 0.5) is 13.2 Å². The lowest BCUT2D eigenvalue weighted by Gasteiger charge is -2.10. The number of carbonyl (C=O) groups excluding carboxylic acids is 1. The number of hydrogen-bond acceptors (Lipinski definition) is 5. The van der Waals surface area contributed by atoms with Gasteiger partial charge in [0.15, 0.2) is 17.2 Å². The first kappa shape index (κ1) is 19.0. The molecule has 0 fully saturated rings. The molecule has 0 saturated carbocycles. The normalized spacial score (nSPS) is 15.1. The Hall–Kier alpha value is -2.81. The molecule has 0 aliphatic carbocycles. The van der Waals surface area contributed by atoms with Gasteiger partial charge in [0.2, 0.25) is 5.90 Å². The van der Waals surface area contributed by atoms with Gasteiger partial charge in [-0.05, 0) is 57.9 Å². The Kier molecular flexibility index (Phi) is 5.50. The molecule has 0 radical (unpaired) electrons. The summed E-state index contributed by atoms with van der Waals surface area (Å²) in [4.78, 5) is 16.1. The van der Waals surface area contributed by atoms with Gasteiger partial charge in [-0.25, -0.2) is 14.2 Å². The molecule has 0 unspecified atom stereocenters. The predicted molar refractivity (Wildman–Crippen MR) is 94.3 cm³/mol. The third kappa shape index (κ3) is 4.30. The van der Waals surface area contributed by atoms with Gasteiger partial charge in [0.25, 0.3) is 0 Å². The van der Waals surface area contributed by atoms with E-state index in [2.05, 4.69) is 25.7 Å². The van der Waals surface area contributed by atoms with Gasteiger partial charge in [-0.15, -0.1) is 0 Å². The summed E-state index contributed by atoms with van der Waals surface area (Å²) in [5, 5.41) is 0. The van der Waals surface area contributed by atoms with Crippen LogP contribution < -0.4 is 9.47 Å². The first-order valence-corrected chi connectivity index (χ1v) is 8.27. The number of nitrogens with zero attached hydrogens (tertiary/aromatic N) is 1. The fourth-order valence-corrected chi connectivity index (χ4v) is 2.68. The molecule has 2 aromatic rings. The summed E-state index contributed by atoms with van der Waals surface area (Å²) < 4.78 is 52.8. The first-order chi connectivity index (χ1) is 12.9. The predicted octanol–water partition coefficient (Wildman–Crippen LogP) is 4.54. The Morgan fingerprint density at radius 2 is 1.96 bits per heavy atom. The third-order valence-corrected chi connectivity index (χ3v) is 4.10. The molecule has 0 spiro atoms. The highest BCUT2D eigenvalue weighted by atomic mass is 79.9. The summed E-state index contributed by atoms with van der Waals surface area (Å²) in [6, 6.07) is 8.24. The second-order valence-electron chi connectivity index (χ2n) is 5.25. The number of alkyl halides is 2. The van der Waals surface area contributed by atoms with E-state index >= 15 is 0 Å². The van der Waals surface area contributed by atoms with Crippen molar-refractivity contribution in [3.63, 3.8) is 0 Å². The van der Waals surface area contributed by atoms with Crippen molar-refractivity contribution in [3.8, 4) is 11.5 Å². The molecule has 0 bridgehead atoms. The van der Waals surface area contributed by atoms with Crippen molar-refractivity contribution in [1.29, 1.82) is 0 Å². The molecule has 0 atom stereocenters. The maximum absolute atomic E-state index is 13.3. The summed E-state index contributed by atoms with van der Waals surface area (Å²) in [6.45, 7) is -3.00. The van der Waals surface area contributed by atoms with Gasteiger partial charge >= 0.3 is 12.6 Å². The third-order valence-electron chi connectivity index (χ3n) is 3.49. The molecule has 3 rings (SSSR count). The van der Waals surface area contributed by atoms with E-state index in [9.17, 15) is 18.0 Å². The Morgan fingerprint density at radius 1 is 1.19 bits per heavy atom. The van der Waals surface area contributed by atoms with Crippen molar-refractivity contribution < 1.29 is 32.2 Å². The van der Waals surface area contributed by atoms with Crippen LogP contribution in [0.3, 0.4) is 0 Å². The summed E-state index contributed by atoms with van der Waals surface area (Å²) in [5.41, 5.74) is 0.888. The molecular weight excluding hydrogens is 431 g/mol. The number of ether oxygens (including phenoxy) is 3. The van der Waals surface area contributed by atoms with Crippen LogP contribution in [0.5, 0.6) is 11.5 Å². The SMILES string of the molecule is COc1cc(C2=N/C(=C\c3ccc(F)c(Br)c3)C(=O)O2)ccc1OC(F)F. The van der Waals surface area contributed by atoms with Crippen molar-refractivity contribution in [3.05, 3.63) is 63.5 Å². The molecule has 9 heteroatoms. The summed E-state index contributed by atoms with van der Waals surface area (Å²) in [6.07, 6.45) is 1.44. The van der Waals surface area contributed by atoms with Gasteiger partial charge in [0.05, 0.1) is 11.6 Å². The quantitative estimate of drug-likeness (QED) is 0.504. The Labute approximate surface area is 160 Å². The maximum Gasteiger partial charge on any atom is 0.387 e. The van der Waals surface area contributed by atoms with Gasteiger partial charge in [0, 0.05) is 5.56 Å². The molecule has 5 nitrogen and oxygen atoms in total. The van der Waals surface area contributed by atoms with Crippen molar-refractivity contribution in [2.75, 3.05) is 7.11 Å². The lowest BCUT2D eigenvalue weighted by Crippen LogP contribution is -2.07. The van der Waals surface area contributed by atoms with E-state index in [4.69, 9.17) is 9.47 Å². The van der Waals surface area contributed by atoms with Crippen molar-refractivity contribution >= 4 is 33.9 Å². The fourth-order valence-electron chi connectivity index (χ4n) is 2.29. The molecule has 27 heavy (non-hydrogen) atoms.